The zero-order chi connectivity index (χ0) is 14.4. The summed E-state index contributed by atoms with van der Waals surface area (Å²) in [4.78, 5) is 12.7. The molecular weight excluding hydrogens is 242 g/mol. The van der Waals surface area contributed by atoms with Crippen LogP contribution < -0.4 is 9.64 Å². The van der Waals surface area contributed by atoms with Gasteiger partial charge in [0, 0.05) is 25.7 Å². The molecule has 0 aromatic heterocycles. The number of aryl methyl sites for hydroxylation is 1. The smallest absolute Gasteiger partial charge is 0.303 e. The summed E-state index contributed by atoms with van der Waals surface area (Å²) in [5, 5.41) is 8.77. The Morgan fingerprint density at radius 3 is 2.68 bits per heavy atom. The summed E-state index contributed by atoms with van der Waals surface area (Å²) >= 11 is 0. The number of hydrogen-bond donors (Lipinski definition) is 1. The van der Waals surface area contributed by atoms with Crippen LogP contribution in [0.3, 0.4) is 0 Å². The van der Waals surface area contributed by atoms with E-state index in [1.807, 2.05) is 40.0 Å². The Bertz CT molecular complexity index is 431. The van der Waals surface area contributed by atoms with Crippen molar-refractivity contribution in [1.82, 2.24) is 0 Å². The topological polar surface area (TPSA) is 49.8 Å². The Kier molecular flexibility index (Phi) is 5.67. The highest BCUT2D eigenvalue weighted by Gasteiger charge is 2.11. The summed E-state index contributed by atoms with van der Waals surface area (Å²) in [6, 6.07) is 6.04. The third-order valence-corrected chi connectivity index (χ3v) is 3.01. The highest BCUT2D eigenvalue weighted by atomic mass is 16.5. The van der Waals surface area contributed by atoms with E-state index in [4.69, 9.17) is 9.84 Å². The van der Waals surface area contributed by atoms with Crippen molar-refractivity contribution in [3.63, 3.8) is 0 Å². The van der Waals surface area contributed by atoms with E-state index >= 15 is 0 Å². The molecule has 1 atom stereocenters. The number of benzene rings is 1. The van der Waals surface area contributed by atoms with Crippen LogP contribution in [0.1, 0.15) is 25.8 Å². The summed E-state index contributed by atoms with van der Waals surface area (Å²) in [5.41, 5.74) is 2.18. The molecule has 0 saturated carbocycles. The van der Waals surface area contributed by atoms with Crippen LogP contribution in [0, 0.1) is 12.8 Å². The molecule has 4 nitrogen and oxygen atoms in total. The maximum Gasteiger partial charge on any atom is 0.303 e. The largest absolute Gasteiger partial charge is 0.494 e. The van der Waals surface area contributed by atoms with Gasteiger partial charge in [-0.2, -0.15) is 0 Å². The average Bonchev–Trinajstić information content (AvgIpc) is 2.30. The molecule has 1 unspecified atom stereocenters. The van der Waals surface area contributed by atoms with E-state index in [1.165, 1.54) is 0 Å². The van der Waals surface area contributed by atoms with Crippen LogP contribution in [0.25, 0.3) is 0 Å². The minimum atomic E-state index is -0.747. The van der Waals surface area contributed by atoms with Gasteiger partial charge in [-0.05, 0) is 43.5 Å². The van der Waals surface area contributed by atoms with Gasteiger partial charge in [-0.3, -0.25) is 4.79 Å². The lowest BCUT2D eigenvalue weighted by Crippen LogP contribution is -2.25. The molecule has 0 aliphatic heterocycles. The number of hydrogen-bond acceptors (Lipinski definition) is 3. The number of carboxylic acids is 1. The predicted octanol–water partition coefficient (Wildman–Crippen LogP) is 2.94. The average molecular weight is 265 g/mol. The quantitative estimate of drug-likeness (QED) is 0.823. The Morgan fingerprint density at radius 1 is 1.47 bits per heavy atom. The number of ether oxygens (including phenoxy) is 1. The molecule has 0 fully saturated rings. The van der Waals surface area contributed by atoms with Gasteiger partial charge in [0.1, 0.15) is 5.75 Å². The maximum absolute atomic E-state index is 10.7. The second kappa shape index (κ2) is 7.02. The zero-order valence-electron chi connectivity index (χ0n) is 12.1. The highest BCUT2D eigenvalue weighted by Crippen LogP contribution is 2.24. The SMILES string of the molecule is CCOc1ccc(N(C)CC(C)CC(=O)O)cc1C. The number of aliphatic carboxylic acids is 1. The Labute approximate surface area is 115 Å². The van der Waals surface area contributed by atoms with E-state index in [2.05, 4.69) is 11.0 Å². The van der Waals surface area contributed by atoms with Crippen molar-refractivity contribution >= 4 is 11.7 Å². The van der Waals surface area contributed by atoms with Crippen molar-refractivity contribution in [3.8, 4) is 5.75 Å². The molecule has 0 aliphatic rings. The van der Waals surface area contributed by atoms with Gasteiger partial charge in [-0.15, -0.1) is 0 Å². The lowest BCUT2D eigenvalue weighted by molar-refractivity contribution is -0.137. The van der Waals surface area contributed by atoms with Crippen LogP contribution in [-0.2, 0) is 4.79 Å². The third kappa shape index (κ3) is 4.81. The van der Waals surface area contributed by atoms with E-state index in [1.54, 1.807) is 0 Å². The van der Waals surface area contributed by atoms with Crippen LogP contribution >= 0.6 is 0 Å². The molecule has 0 spiro atoms. The Morgan fingerprint density at radius 2 is 2.16 bits per heavy atom. The van der Waals surface area contributed by atoms with Crippen LogP contribution in [0.4, 0.5) is 5.69 Å². The zero-order valence-corrected chi connectivity index (χ0v) is 12.1. The molecule has 4 heteroatoms. The minimum Gasteiger partial charge on any atom is -0.494 e. The van der Waals surface area contributed by atoms with Gasteiger partial charge in [-0.25, -0.2) is 0 Å². The molecule has 106 valence electrons. The van der Waals surface area contributed by atoms with Crippen LogP contribution in [0.5, 0.6) is 5.75 Å². The van der Waals surface area contributed by atoms with Crippen molar-refractivity contribution in [2.45, 2.75) is 27.2 Å². The van der Waals surface area contributed by atoms with Crippen LogP contribution in [0.15, 0.2) is 18.2 Å². The molecule has 0 radical (unpaired) electrons. The molecule has 0 saturated heterocycles. The van der Waals surface area contributed by atoms with Gasteiger partial charge >= 0.3 is 5.97 Å². The molecule has 1 N–H and O–H groups in total. The van der Waals surface area contributed by atoms with Crippen LogP contribution in [0.2, 0.25) is 0 Å². The van der Waals surface area contributed by atoms with E-state index in [0.717, 1.165) is 23.5 Å². The number of rotatable bonds is 7. The Balaban J connectivity index is 2.69. The first-order valence-electron chi connectivity index (χ1n) is 6.60. The first-order chi connectivity index (χ1) is 8.93. The number of carboxylic acid groups (broad SMARTS) is 1. The molecule has 0 aliphatic carbocycles. The highest BCUT2D eigenvalue weighted by molar-refractivity contribution is 5.67. The molecule has 1 aromatic rings. The summed E-state index contributed by atoms with van der Waals surface area (Å²) in [5.74, 6) is 0.274. The van der Waals surface area contributed by atoms with Gasteiger partial charge in [0.2, 0.25) is 0 Å². The molecular formula is C15H23NO3. The second-order valence-corrected chi connectivity index (χ2v) is 4.97. The van der Waals surface area contributed by atoms with Crippen molar-refractivity contribution < 1.29 is 14.6 Å². The van der Waals surface area contributed by atoms with Crippen LogP contribution in [-0.4, -0.2) is 31.3 Å². The van der Waals surface area contributed by atoms with Crippen molar-refractivity contribution in [1.29, 1.82) is 0 Å². The second-order valence-electron chi connectivity index (χ2n) is 4.97. The molecule has 19 heavy (non-hydrogen) atoms. The number of anilines is 1. The van der Waals surface area contributed by atoms with Gasteiger partial charge in [-0.1, -0.05) is 6.92 Å². The van der Waals surface area contributed by atoms with Crippen molar-refractivity contribution in [3.05, 3.63) is 23.8 Å². The summed E-state index contributed by atoms with van der Waals surface area (Å²) in [6.45, 7) is 7.31. The van der Waals surface area contributed by atoms with E-state index in [9.17, 15) is 4.79 Å². The normalized spacial score (nSPS) is 12.0. The summed E-state index contributed by atoms with van der Waals surface area (Å²) < 4.78 is 5.51. The maximum atomic E-state index is 10.7. The first kappa shape index (κ1) is 15.3. The standard InChI is InChI=1S/C15H23NO3/c1-5-19-14-7-6-13(9-12(14)3)16(4)10-11(2)8-15(17)18/h6-7,9,11H,5,8,10H2,1-4H3,(H,17,18). The Hall–Kier alpha value is -1.71. The van der Waals surface area contributed by atoms with Gasteiger partial charge in [0.25, 0.3) is 0 Å². The summed E-state index contributed by atoms with van der Waals surface area (Å²) in [7, 11) is 1.98. The van der Waals surface area contributed by atoms with E-state index in [-0.39, 0.29) is 12.3 Å². The number of carbonyl (C=O) groups is 1. The molecule has 0 bridgehead atoms. The third-order valence-electron chi connectivity index (χ3n) is 3.01. The summed E-state index contributed by atoms with van der Waals surface area (Å²) in [6.07, 6.45) is 0.195. The van der Waals surface area contributed by atoms with Crippen molar-refractivity contribution in [2.24, 2.45) is 5.92 Å². The number of nitrogens with zero attached hydrogens (tertiary/aromatic N) is 1. The molecule has 0 amide bonds. The van der Waals surface area contributed by atoms with Gasteiger partial charge in [0.05, 0.1) is 6.61 Å². The van der Waals surface area contributed by atoms with Gasteiger partial charge < -0.3 is 14.7 Å². The molecule has 1 rings (SSSR count). The van der Waals surface area contributed by atoms with E-state index in [0.29, 0.717) is 6.61 Å². The first-order valence-corrected chi connectivity index (χ1v) is 6.60. The minimum absolute atomic E-state index is 0.120. The monoisotopic (exact) mass is 265 g/mol. The van der Waals surface area contributed by atoms with E-state index < -0.39 is 5.97 Å². The fourth-order valence-electron chi connectivity index (χ4n) is 2.12. The predicted molar refractivity (Wildman–Crippen MR) is 77.0 cm³/mol. The molecule has 1 aromatic carbocycles. The van der Waals surface area contributed by atoms with Crippen molar-refractivity contribution in [2.75, 3.05) is 25.1 Å². The fourth-order valence-corrected chi connectivity index (χ4v) is 2.12. The lowest BCUT2D eigenvalue weighted by atomic mass is 10.1. The lowest BCUT2D eigenvalue weighted by Gasteiger charge is -2.23. The molecule has 0 heterocycles. The van der Waals surface area contributed by atoms with Gasteiger partial charge in [0.15, 0.2) is 0 Å². The fraction of sp³-hybridized carbons (Fsp3) is 0.533.